The zero-order valence-corrected chi connectivity index (χ0v) is 15.8. The maximum Gasteiger partial charge on any atom is 0.321 e. The Balaban J connectivity index is 1.78. The van der Waals surface area contributed by atoms with Gasteiger partial charge in [-0.2, -0.15) is 0 Å². The quantitative estimate of drug-likeness (QED) is 0.793. The van der Waals surface area contributed by atoms with Crippen LogP contribution >= 0.6 is 0 Å². The van der Waals surface area contributed by atoms with Crippen LogP contribution in [-0.4, -0.2) is 48.4 Å². The summed E-state index contributed by atoms with van der Waals surface area (Å²) in [6, 6.07) is 5.61. The monoisotopic (exact) mass is 363 g/mol. The molecule has 1 heterocycles. The van der Waals surface area contributed by atoms with E-state index in [-0.39, 0.29) is 17.8 Å². The number of urea groups is 1. The Kier molecular flexibility index (Phi) is 7.88. The number of nitrogens with zero attached hydrogens (tertiary/aromatic N) is 2. The highest BCUT2D eigenvalue weighted by Gasteiger charge is 2.24. The van der Waals surface area contributed by atoms with E-state index in [1.54, 1.807) is 17.0 Å². The van der Waals surface area contributed by atoms with Crippen LogP contribution in [0.2, 0.25) is 0 Å². The molecule has 0 aromatic heterocycles. The first-order valence-electron chi connectivity index (χ1n) is 9.55. The van der Waals surface area contributed by atoms with Crippen LogP contribution in [0.15, 0.2) is 24.3 Å². The zero-order chi connectivity index (χ0) is 18.9. The van der Waals surface area contributed by atoms with Gasteiger partial charge in [0.25, 0.3) is 0 Å². The Morgan fingerprint density at radius 3 is 2.73 bits per heavy atom. The summed E-state index contributed by atoms with van der Waals surface area (Å²) in [5.74, 6) is 0.215. The normalized spacial score (nSPS) is 17.0. The molecule has 1 aromatic rings. The van der Waals surface area contributed by atoms with Crippen molar-refractivity contribution in [2.45, 2.75) is 45.4 Å². The van der Waals surface area contributed by atoms with Gasteiger partial charge in [0, 0.05) is 38.8 Å². The number of carbonyl (C=O) groups is 2. The fraction of sp³-hybridized carbons (Fsp3) is 0.600. The molecule has 1 atom stereocenters. The molecule has 1 aromatic carbocycles. The number of halogens is 1. The zero-order valence-electron chi connectivity index (χ0n) is 15.8. The maximum atomic E-state index is 13.0. The van der Waals surface area contributed by atoms with Gasteiger partial charge in [-0.1, -0.05) is 13.3 Å². The van der Waals surface area contributed by atoms with Crippen molar-refractivity contribution in [2.24, 2.45) is 5.92 Å². The average molecular weight is 363 g/mol. The summed E-state index contributed by atoms with van der Waals surface area (Å²) in [5, 5.41) is 2.81. The van der Waals surface area contributed by atoms with Crippen molar-refractivity contribution in [1.82, 2.24) is 9.80 Å². The lowest BCUT2D eigenvalue weighted by Crippen LogP contribution is -2.42. The maximum absolute atomic E-state index is 13.0. The molecule has 6 heteroatoms. The molecule has 0 aliphatic carbocycles. The minimum absolute atomic E-state index is 0.160. The molecule has 26 heavy (non-hydrogen) atoms. The Labute approximate surface area is 155 Å². The van der Waals surface area contributed by atoms with Crippen LogP contribution in [0.5, 0.6) is 0 Å². The first-order chi connectivity index (χ1) is 12.5. The van der Waals surface area contributed by atoms with Gasteiger partial charge < -0.3 is 15.1 Å². The van der Waals surface area contributed by atoms with Gasteiger partial charge in [0.2, 0.25) is 5.91 Å². The fourth-order valence-corrected chi connectivity index (χ4v) is 3.26. The lowest BCUT2D eigenvalue weighted by atomic mass is 9.93. The second-order valence-corrected chi connectivity index (χ2v) is 7.10. The van der Waals surface area contributed by atoms with Gasteiger partial charge in [0.1, 0.15) is 5.82 Å². The van der Waals surface area contributed by atoms with E-state index in [1.807, 2.05) is 11.9 Å². The van der Waals surface area contributed by atoms with E-state index < -0.39 is 0 Å². The van der Waals surface area contributed by atoms with Crippen LogP contribution in [0.4, 0.5) is 14.9 Å². The lowest BCUT2D eigenvalue weighted by molar-refractivity contribution is -0.130. The van der Waals surface area contributed by atoms with Crippen molar-refractivity contribution in [1.29, 1.82) is 0 Å². The highest BCUT2D eigenvalue weighted by molar-refractivity contribution is 5.89. The number of amides is 3. The summed E-state index contributed by atoms with van der Waals surface area (Å²) in [4.78, 5) is 28.2. The topological polar surface area (TPSA) is 52.7 Å². The van der Waals surface area contributed by atoms with Crippen molar-refractivity contribution in [3.05, 3.63) is 30.1 Å². The number of anilines is 1. The second kappa shape index (κ2) is 10.1. The van der Waals surface area contributed by atoms with Crippen molar-refractivity contribution >= 4 is 17.6 Å². The number of hydrogen-bond donors (Lipinski definition) is 1. The fourth-order valence-electron chi connectivity index (χ4n) is 3.26. The molecule has 1 aliphatic rings. The number of benzene rings is 1. The predicted octanol–water partition coefficient (Wildman–Crippen LogP) is 4.11. The van der Waals surface area contributed by atoms with Gasteiger partial charge >= 0.3 is 6.03 Å². The van der Waals surface area contributed by atoms with Crippen LogP contribution in [0, 0.1) is 11.7 Å². The number of unbranched alkanes of at least 4 members (excludes halogenated alkanes) is 1. The molecule has 1 aliphatic heterocycles. The molecule has 0 saturated carbocycles. The van der Waals surface area contributed by atoms with Crippen molar-refractivity contribution in [3.8, 4) is 0 Å². The van der Waals surface area contributed by atoms with Gasteiger partial charge in [-0.25, -0.2) is 9.18 Å². The predicted molar refractivity (Wildman–Crippen MR) is 101 cm³/mol. The third kappa shape index (κ3) is 6.32. The molecule has 3 amide bonds. The lowest BCUT2D eigenvalue weighted by Gasteiger charge is -2.33. The second-order valence-electron chi connectivity index (χ2n) is 7.10. The summed E-state index contributed by atoms with van der Waals surface area (Å²) in [6.07, 6.45) is 5.46. The largest absolute Gasteiger partial charge is 0.346 e. The first-order valence-corrected chi connectivity index (χ1v) is 9.55. The van der Waals surface area contributed by atoms with E-state index in [0.717, 1.165) is 38.6 Å². The summed E-state index contributed by atoms with van der Waals surface area (Å²) in [6.45, 7) is 4.31. The molecule has 144 valence electrons. The van der Waals surface area contributed by atoms with Crippen LogP contribution in [0.25, 0.3) is 0 Å². The minimum Gasteiger partial charge on any atom is -0.346 e. The molecule has 1 fully saturated rings. The van der Waals surface area contributed by atoms with Crippen molar-refractivity contribution in [2.75, 3.05) is 32.0 Å². The molecule has 1 unspecified atom stereocenters. The van der Waals surface area contributed by atoms with Gasteiger partial charge in [0.05, 0.1) is 0 Å². The number of nitrogens with one attached hydrogen (secondary N) is 1. The SMILES string of the molecule is CCCCN(C)C(=O)CCC1CCCN(C(=O)Nc2ccc(F)cc2)C1. The van der Waals surface area contributed by atoms with Gasteiger partial charge in [-0.3, -0.25) is 4.79 Å². The highest BCUT2D eigenvalue weighted by Crippen LogP contribution is 2.22. The Hall–Kier alpha value is -2.11. The van der Waals surface area contributed by atoms with Crippen LogP contribution in [-0.2, 0) is 4.79 Å². The number of carbonyl (C=O) groups excluding carboxylic acids is 2. The number of likely N-dealkylation sites (tertiary alicyclic amines) is 1. The standard InChI is InChI=1S/C20H30FN3O2/c1-3-4-13-23(2)19(25)12-7-16-6-5-14-24(15-16)20(26)22-18-10-8-17(21)9-11-18/h8-11,16H,3-7,12-15H2,1-2H3,(H,22,26). The van der Waals surface area contributed by atoms with E-state index in [1.165, 1.54) is 12.1 Å². The minimum atomic E-state index is -0.324. The van der Waals surface area contributed by atoms with Crippen LogP contribution in [0.3, 0.4) is 0 Å². The number of rotatable bonds is 7. The summed E-state index contributed by atoms with van der Waals surface area (Å²) >= 11 is 0. The van der Waals surface area contributed by atoms with Crippen molar-refractivity contribution < 1.29 is 14.0 Å². The number of hydrogen-bond acceptors (Lipinski definition) is 2. The van der Waals surface area contributed by atoms with E-state index >= 15 is 0 Å². The molecule has 0 radical (unpaired) electrons. The Bertz CT molecular complexity index is 591. The van der Waals surface area contributed by atoms with E-state index in [0.29, 0.717) is 31.1 Å². The molecule has 2 rings (SSSR count). The number of piperidine rings is 1. The van der Waals surface area contributed by atoms with E-state index in [2.05, 4.69) is 12.2 Å². The third-order valence-electron chi connectivity index (χ3n) is 4.94. The third-order valence-corrected chi connectivity index (χ3v) is 4.94. The van der Waals surface area contributed by atoms with Gasteiger partial charge in [-0.05, 0) is 55.9 Å². The van der Waals surface area contributed by atoms with Gasteiger partial charge in [-0.15, -0.1) is 0 Å². The highest BCUT2D eigenvalue weighted by atomic mass is 19.1. The molecule has 1 saturated heterocycles. The van der Waals surface area contributed by atoms with Crippen molar-refractivity contribution in [3.63, 3.8) is 0 Å². The molecular weight excluding hydrogens is 333 g/mol. The Morgan fingerprint density at radius 1 is 1.31 bits per heavy atom. The summed E-state index contributed by atoms with van der Waals surface area (Å²) in [5.41, 5.74) is 0.589. The molecule has 0 bridgehead atoms. The Morgan fingerprint density at radius 2 is 2.04 bits per heavy atom. The van der Waals surface area contributed by atoms with E-state index in [4.69, 9.17) is 0 Å². The first kappa shape index (κ1) is 20.2. The summed E-state index contributed by atoms with van der Waals surface area (Å²) < 4.78 is 13.0. The smallest absolute Gasteiger partial charge is 0.321 e. The summed E-state index contributed by atoms with van der Waals surface area (Å²) in [7, 11) is 1.86. The molecule has 5 nitrogen and oxygen atoms in total. The van der Waals surface area contributed by atoms with E-state index in [9.17, 15) is 14.0 Å². The van der Waals surface area contributed by atoms with Crippen LogP contribution < -0.4 is 5.32 Å². The molecule has 1 N–H and O–H groups in total. The van der Waals surface area contributed by atoms with Gasteiger partial charge in [0.15, 0.2) is 0 Å². The van der Waals surface area contributed by atoms with Crippen LogP contribution in [0.1, 0.15) is 45.4 Å². The molecular formula is C20H30FN3O2. The molecule has 0 spiro atoms. The average Bonchev–Trinajstić information content (AvgIpc) is 2.66.